The molecule has 0 saturated carbocycles. The number of hydrogen-bond acceptors (Lipinski definition) is 5. The van der Waals surface area contributed by atoms with E-state index in [4.69, 9.17) is 10.2 Å². The Bertz CT molecular complexity index is 811. The molecule has 0 aliphatic carbocycles. The lowest BCUT2D eigenvalue weighted by atomic mass is 10.2. The second-order valence-electron chi connectivity index (χ2n) is 4.47. The van der Waals surface area contributed by atoms with Crippen LogP contribution in [-0.2, 0) is 6.54 Å². The number of halogens is 1. The van der Waals surface area contributed by atoms with Crippen molar-refractivity contribution in [1.29, 1.82) is 0 Å². The molecule has 7 nitrogen and oxygen atoms in total. The van der Waals surface area contributed by atoms with Crippen LogP contribution in [0.3, 0.4) is 0 Å². The van der Waals surface area contributed by atoms with Gasteiger partial charge in [-0.05, 0) is 6.07 Å². The third kappa shape index (κ3) is 2.66. The molecule has 3 rings (SSSR count). The number of imidazole rings is 1. The standard InChI is InChI=1S/C14H12FN5O2/c15-9-4-2-1-3-8(9)5-17-13(21)10-6-22-14(20-10)11-12(16)19-7-18-11/h1-4,6-7H,5,16H2,(H,17,21)(H,18,19). The molecule has 1 aromatic carbocycles. The van der Waals surface area contributed by atoms with Crippen LogP contribution in [0.4, 0.5) is 10.2 Å². The van der Waals surface area contributed by atoms with Crippen LogP contribution in [0.15, 0.2) is 41.3 Å². The summed E-state index contributed by atoms with van der Waals surface area (Å²) in [6.45, 7) is 0.0555. The van der Waals surface area contributed by atoms with Crippen LogP contribution in [0.5, 0.6) is 0 Å². The first-order valence-corrected chi connectivity index (χ1v) is 6.41. The number of H-pyrrole nitrogens is 1. The van der Waals surface area contributed by atoms with Gasteiger partial charge in [-0.15, -0.1) is 0 Å². The zero-order valence-electron chi connectivity index (χ0n) is 11.3. The van der Waals surface area contributed by atoms with Crippen LogP contribution in [0, 0.1) is 5.82 Å². The van der Waals surface area contributed by atoms with Crippen molar-refractivity contribution in [2.45, 2.75) is 6.54 Å². The zero-order chi connectivity index (χ0) is 15.5. The summed E-state index contributed by atoms with van der Waals surface area (Å²) in [5.74, 6) is -0.476. The smallest absolute Gasteiger partial charge is 0.273 e. The predicted octanol–water partition coefficient (Wildman–Crippen LogP) is 1.72. The topological polar surface area (TPSA) is 110 Å². The molecule has 8 heteroatoms. The lowest BCUT2D eigenvalue weighted by Crippen LogP contribution is -2.23. The molecule has 0 unspecified atom stereocenters. The van der Waals surface area contributed by atoms with E-state index in [1.807, 2.05) is 0 Å². The van der Waals surface area contributed by atoms with Crippen LogP contribution in [-0.4, -0.2) is 20.9 Å². The summed E-state index contributed by atoms with van der Waals surface area (Å²) in [6.07, 6.45) is 2.60. The number of oxazole rings is 1. The molecule has 0 aliphatic rings. The molecule has 0 atom stereocenters. The highest BCUT2D eigenvalue weighted by molar-refractivity contribution is 5.92. The molecule has 0 radical (unpaired) electrons. The fourth-order valence-electron chi connectivity index (χ4n) is 1.88. The lowest BCUT2D eigenvalue weighted by Gasteiger charge is -2.03. The minimum absolute atomic E-state index is 0.0555. The van der Waals surface area contributed by atoms with Crippen molar-refractivity contribution in [2.24, 2.45) is 0 Å². The number of nitrogens with one attached hydrogen (secondary N) is 2. The fraction of sp³-hybridized carbons (Fsp3) is 0.0714. The summed E-state index contributed by atoms with van der Waals surface area (Å²) >= 11 is 0. The number of nitrogens with two attached hydrogens (primary N) is 1. The highest BCUT2D eigenvalue weighted by Crippen LogP contribution is 2.20. The van der Waals surface area contributed by atoms with E-state index in [9.17, 15) is 9.18 Å². The molecule has 22 heavy (non-hydrogen) atoms. The normalized spacial score (nSPS) is 10.6. The van der Waals surface area contributed by atoms with Gasteiger partial charge >= 0.3 is 0 Å². The number of aromatic nitrogens is 3. The largest absolute Gasteiger partial charge is 0.442 e. The zero-order valence-corrected chi connectivity index (χ0v) is 11.3. The van der Waals surface area contributed by atoms with Gasteiger partial charge in [-0.25, -0.2) is 14.4 Å². The number of rotatable bonds is 4. The Labute approximate surface area is 124 Å². The second-order valence-corrected chi connectivity index (χ2v) is 4.47. The third-order valence-electron chi connectivity index (χ3n) is 3.02. The summed E-state index contributed by atoms with van der Waals surface area (Å²) in [7, 11) is 0. The monoisotopic (exact) mass is 301 g/mol. The Kier molecular flexibility index (Phi) is 3.57. The number of benzene rings is 1. The molecule has 2 aromatic heterocycles. The van der Waals surface area contributed by atoms with Gasteiger partial charge in [0.25, 0.3) is 5.91 Å². The number of hydrogen-bond donors (Lipinski definition) is 3. The number of carbonyl (C=O) groups excluding carboxylic acids is 1. The summed E-state index contributed by atoms with van der Waals surface area (Å²) < 4.78 is 18.7. The molecule has 3 aromatic rings. The summed E-state index contributed by atoms with van der Waals surface area (Å²) in [5, 5.41) is 2.57. The average Bonchev–Trinajstić information content (AvgIpc) is 3.14. The van der Waals surface area contributed by atoms with E-state index in [0.29, 0.717) is 11.3 Å². The molecule has 0 fully saturated rings. The maximum Gasteiger partial charge on any atom is 0.273 e. The molecule has 112 valence electrons. The third-order valence-corrected chi connectivity index (χ3v) is 3.02. The van der Waals surface area contributed by atoms with Crippen LogP contribution in [0.25, 0.3) is 11.6 Å². The van der Waals surface area contributed by atoms with E-state index in [1.54, 1.807) is 18.2 Å². The van der Waals surface area contributed by atoms with Gasteiger partial charge in [-0.1, -0.05) is 18.2 Å². The van der Waals surface area contributed by atoms with E-state index in [-0.39, 0.29) is 29.8 Å². The summed E-state index contributed by atoms with van der Waals surface area (Å²) in [6, 6.07) is 6.20. The Hall–Kier alpha value is -3.16. The van der Waals surface area contributed by atoms with E-state index in [0.717, 1.165) is 0 Å². The molecular weight excluding hydrogens is 289 g/mol. The highest BCUT2D eigenvalue weighted by Gasteiger charge is 2.16. The lowest BCUT2D eigenvalue weighted by molar-refractivity contribution is 0.0945. The second kappa shape index (κ2) is 5.68. The molecule has 0 spiro atoms. The van der Waals surface area contributed by atoms with Crippen molar-refractivity contribution >= 4 is 11.7 Å². The van der Waals surface area contributed by atoms with Crippen molar-refractivity contribution in [3.8, 4) is 11.6 Å². The Morgan fingerprint density at radius 2 is 2.23 bits per heavy atom. The van der Waals surface area contributed by atoms with Crippen LogP contribution >= 0.6 is 0 Å². The molecule has 1 amide bonds. The van der Waals surface area contributed by atoms with Crippen molar-refractivity contribution in [3.05, 3.63) is 53.9 Å². The van der Waals surface area contributed by atoms with Crippen LogP contribution in [0.2, 0.25) is 0 Å². The highest BCUT2D eigenvalue weighted by atomic mass is 19.1. The van der Waals surface area contributed by atoms with Gasteiger partial charge in [0.2, 0.25) is 5.89 Å². The molecular formula is C14H12FN5O2. The first-order valence-electron chi connectivity index (χ1n) is 6.41. The molecule has 2 heterocycles. The Morgan fingerprint density at radius 3 is 2.95 bits per heavy atom. The minimum Gasteiger partial charge on any atom is -0.442 e. The average molecular weight is 301 g/mol. The van der Waals surface area contributed by atoms with Gasteiger partial charge in [0, 0.05) is 12.1 Å². The van der Waals surface area contributed by atoms with Gasteiger partial charge in [0.15, 0.2) is 11.5 Å². The van der Waals surface area contributed by atoms with Gasteiger partial charge in [0.05, 0.1) is 6.33 Å². The SMILES string of the molecule is Nc1nc[nH]c1-c1nc(C(=O)NCc2ccccc2F)co1. The van der Waals surface area contributed by atoms with Crippen molar-refractivity contribution in [3.63, 3.8) is 0 Å². The van der Waals surface area contributed by atoms with Crippen molar-refractivity contribution in [1.82, 2.24) is 20.3 Å². The fourth-order valence-corrected chi connectivity index (χ4v) is 1.88. The number of amides is 1. The van der Waals surface area contributed by atoms with Gasteiger partial charge in [-0.2, -0.15) is 0 Å². The van der Waals surface area contributed by atoms with Crippen molar-refractivity contribution < 1.29 is 13.6 Å². The number of anilines is 1. The van der Waals surface area contributed by atoms with Crippen LogP contribution in [0.1, 0.15) is 16.1 Å². The molecule has 4 N–H and O–H groups in total. The maximum absolute atomic E-state index is 13.5. The van der Waals surface area contributed by atoms with Gasteiger partial charge in [0.1, 0.15) is 17.8 Å². The first kappa shape index (κ1) is 13.8. The number of nitrogen functional groups attached to an aromatic ring is 1. The number of aromatic amines is 1. The first-order chi connectivity index (χ1) is 10.6. The maximum atomic E-state index is 13.5. The minimum atomic E-state index is -0.476. The molecule has 0 saturated heterocycles. The number of nitrogens with zero attached hydrogens (tertiary/aromatic N) is 2. The Balaban J connectivity index is 1.70. The van der Waals surface area contributed by atoms with Gasteiger partial charge in [-0.3, -0.25) is 4.79 Å². The van der Waals surface area contributed by atoms with E-state index >= 15 is 0 Å². The summed E-state index contributed by atoms with van der Waals surface area (Å²) in [4.78, 5) is 22.6. The summed E-state index contributed by atoms with van der Waals surface area (Å²) in [5.41, 5.74) is 6.48. The van der Waals surface area contributed by atoms with Gasteiger partial charge < -0.3 is 20.5 Å². The van der Waals surface area contributed by atoms with E-state index in [1.165, 1.54) is 18.7 Å². The number of carbonyl (C=O) groups is 1. The van der Waals surface area contributed by atoms with Crippen molar-refractivity contribution in [2.75, 3.05) is 5.73 Å². The van der Waals surface area contributed by atoms with E-state index < -0.39 is 5.91 Å². The Morgan fingerprint density at radius 1 is 1.41 bits per heavy atom. The van der Waals surface area contributed by atoms with Crippen LogP contribution < -0.4 is 11.1 Å². The quantitative estimate of drug-likeness (QED) is 0.679. The van der Waals surface area contributed by atoms with E-state index in [2.05, 4.69) is 20.3 Å². The molecule has 0 aliphatic heterocycles. The molecule has 0 bridgehead atoms. The predicted molar refractivity (Wildman–Crippen MR) is 76.1 cm³/mol.